The normalized spacial score (nSPS) is 27.6. The van der Waals surface area contributed by atoms with Gasteiger partial charge in [0.15, 0.2) is 9.84 Å². The average molecular weight is 415 g/mol. The van der Waals surface area contributed by atoms with Gasteiger partial charge in [-0.05, 0) is 81.3 Å². The van der Waals surface area contributed by atoms with Crippen LogP contribution in [-0.2, 0) is 9.84 Å². The number of benzene rings is 1. The number of fused-ring (bicyclic) bond motifs is 1. The Morgan fingerprint density at radius 3 is 2.52 bits per heavy atom. The molecule has 0 saturated heterocycles. The molecule has 3 rings (SSSR count). The Hall–Kier alpha value is -1.35. The van der Waals surface area contributed by atoms with Gasteiger partial charge < -0.3 is 0 Å². The van der Waals surface area contributed by atoms with Gasteiger partial charge in [-0.25, -0.2) is 8.42 Å². The van der Waals surface area contributed by atoms with Gasteiger partial charge in [-0.2, -0.15) is 0 Å². The fourth-order valence-corrected chi connectivity index (χ4v) is 7.36. The molecule has 0 bridgehead atoms. The summed E-state index contributed by atoms with van der Waals surface area (Å²) >= 11 is 0. The van der Waals surface area contributed by atoms with Crippen LogP contribution in [0.2, 0.25) is 0 Å². The fourth-order valence-electron chi connectivity index (χ4n) is 6.09. The summed E-state index contributed by atoms with van der Waals surface area (Å²) in [6.45, 7) is 11.9. The quantitative estimate of drug-likeness (QED) is 0.464. The number of sulfone groups is 1. The Morgan fingerprint density at radius 2 is 1.83 bits per heavy atom. The Morgan fingerprint density at radius 1 is 1.14 bits per heavy atom. The molecule has 0 unspecified atom stereocenters. The molecule has 160 valence electrons. The van der Waals surface area contributed by atoms with Crippen molar-refractivity contribution in [3.8, 4) is 0 Å². The lowest BCUT2D eigenvalue weighted by molar-refractivity contribution is 0.0105. The average Bonchev–Trinajstić information content (AvgIpc) is 2.66. The number of hydrogen-bond donors (Lipinski definition) is 0. The third kappa shape index (κ3) is 4.71. The fraction of sp³-hybridized carbons (Fsp3) is 0.615. The molecule has 0 heterocycles. The van der Waals surface area contributed by atoms with E-state index in [0.717, 1.165) is 18.8 Å². The second-order valence-electron chi connectivity index (χ2n) is 10.3. The van der Waals surface area contributed by atoms with Gasteiger partial charge in [-0.15, -0.1) is 0 Å². The first-order chi connectivity index (χ1) is 13.6. The molecular formula is C26H38O2S. The molecule has 0 amide bonds. The lowest BCUT2D eigenvalue weighted by Crippen LogP contribution is -2.45. The highest BCUT2D eigenvalue weighted by molar-refractivity contribution is 7.91. The lowest BCUT2D eigenvalue weighted by atomic mass is 9.50. The van der Waals surface area contributed by atoms with E-state index in [4.69, 9.17) is 0 Å². The summed E-state index contributed by atoms with van der Waals surface area (Å²) in [7, 11) is -3.24. The highest BCUT2D eigenvalue weighted by Gasteiger charge is 2.49. The van der Waals surface area contributed by atoms with Crippen LogP contribution in [-0.4, -0.2) is 14.2 Å². The minimum absolute atomic E-state index is 0.0911. The Kier molecular flexibility index (Phi) is 6.48. The molecule has 0 aromatic heterocycles. The van der Waals surface area contributed by atoms with Crippen molar-refractivity contribution in [1.29, 1.82) is 0 Å². The van der Waals surface area contributed by atoms with Crippen LogP contribution in [0.1, 0.15) is 79.6 Å². The van der Waals surface area contributed by atoms with Gasteiger partial charge in [0.1, 0.15) is 0 Å². The Balaban J connectivity index is 1.70. The van der Waals surface area contributed by atoms with Gasteiger partial charge in [0.25, 0.3) is 0 Å². The van der Waals surface area contributed by atoms with Crippen LogP contribution < -0.4 is 0 Å². The summed E-state index contributed by atoms with van der Waals surface area (Å²) < 4.78 is 25.1. The summed E-state index contributed by atoms with van der Waals surface area (Å²) in [5.41, 5.74) is 5.19. The molecule has 2 atom stereocenters. The summed E-state index contributed by atoms with van der Waals surface area (Å²) in [6, 6.07) is 8.77. The molecule has 0 spiro atoms. The topological polar surface area (TPSA) is 34.1 Å². The zero-order chi connectivity index (χ0) is 21.3. The van der Waals surface area contributed by atoms with Crippen LogP contribution in [0.15, 0.2) is 58.0 Å². The first-order valence-electron chi connectivity index (χ1n) is 11.2. The van der Waals surface area contributed by atoms with Crippen LogP contribution in [0.3, 0.4) is 0 Å². The van der Waals surface area contributed by atoms with Crippen molar-refractivity contribution in [2.45, 2.75) is 84.5 Å². The third-order valence-corrected chi connectivity index (χ3v) is 9.36. The standard InChI is InChI=1S/C26H38O2S/c1-20(16-19-29(27,28)22-10-7-6-8-11-22)12-14-23-21(2)13-15-24-25(3,4)17-9-18-26(23,24)5/h6-8,10-11,16,24H,9,12-15,17-19H2,1-5H3/b20-16+/t24-,26+/m0/s1. The summed E-state index contributed by atoms with van der Waals surface area (Å²) in [6.07, 6.45) is 10.5. The van der Waals surface area contributed by atoms with Gasteiger partial charge in [0.05, 0.1) is 10.6 Å². The molecule has 0 aliphatic heterocycles. The predicted molar refractivity (Wildman–Crippen MR) is 123 cm³/mol. The first-order valence-corrected chi connectivity index (χ1v) is 12.8. The van der Waals surface area contributed by atoms with Crippen molar-refractivity contribution in [3.63, 3.8) is 0 Å². The molecule has 2 nitrogen and oxygen atoms in total. The highest BCUT2D eigenvalue weighted by atomic mass is 32.2. The molecule has 29 heavy (non-hydrogen) atoms. The minimum atomic E-state index is -3.24. The van der Waals surface area contributed by atoms with E-state index in [0.29, 0.717) is 15.7 Å². The van der Waals surface area contributed by atoms with Crippen molar-refractivity contribution in [2.75, 3.05) is 5.75 Å². The van der Waals surface area contributed by atoms with Gasteiger partial charge in [0.2, 0.25) is 0 Å². The smallest absolute Gasteiger partial charge is 0.181 e. The number of rotatable bonds is 6. The molecule has 0 N–H and O–H groups in total. The molecule has 2 aliphatic carbocycles. The van der Waals surface area contributed by atoms with E-state index in [1.165, 1.54) is 37.7 Å². The molecule has 1 fully saturated rings. The van der Waals surface area contributed by atoms with Gasteiger partial charge in [-0.3, -0.25) is 0 Å². The summed E-state index contributed by atoms with van der Waals surface area (Å²) in [5.74, 6) is 0.860. The molecule has 2 aliphatic rings. The van der Waals surface area contributed by atoms with Crippen molar-refractivity contribution in [1.82, 2.24) is 0 Å². The Bertz CT molecular complexity index is 890. The maximum atomic E-state index is 12.6. The molecule has 1 aromatic carbocycles. The van der Waals surface area contributed by atoms with Gasteiger partial charge >= 0.3 is 0 Å². The monoisotopic (exact) mass is 414 g/mol. The van der Waals surface area contributed by atoms with Crippen LogP contribution in [0.4, 0.5) is 0 Å². The van der Waals surface area contributed by atoms with Crippen molar-refractivity contribution in [2.24, 2.45) is 16.7 Å². The predicted octanol–water partition coefficient (Wildman–Crippen LogP) is 7.13. The molecule has 1 aromatic rings. The lowest BCUT2D eigenvalue weighted by Gasteiger charge is -2.55. The first kappa shape index (κ1) is 22.3. The van der Waals surface area contributed by atoms with E-state index >= 15 is 0 Å². The Labute approximate surface area is 178 Å². The van der Waals surface area contributed by atoms with E-state index in [1.54, 1.807) is 35.4 Å². The maximum absolute atomic E-state index is 12.6. The van der Waals surface area contributed by atoms with Crippen LogP contribution in [0.25, 0.3) is 0 Å². The van der Waals surface area contributed by atoms with E-state index in [-0.39, 0.29) is 5.75 Å². The molecule has 0 radical (unpaired) electrons. The van der Waals surface area contributed by atoms with Crippen molar-refractivity contribution in [3.05, 3.63) is 53.1 Å². The maximum Gasteiger partial charge on any atom is 0.181 e. The minimum Gasteiger partial charge on any atom is -0.223 e. The number of allylic oxidation sites excluding steroid dienone is 3. The van der Waals surface area contributed by atoms with Crippen LogP contribution >= 0.6 is 0 Å². The zero-order valence-corrected chi connectivity index (χ0v) is 19.7. The SMILES string of the molecule is CC1=C(CC/C(C)=C/CS(=O)(=O)c2ccccc2)[C@@]2(C)CCCC(C)(C)[C@@H]2CC1. The van der Waals surface area contributed by atoms with Crippen molar-refractivity contribution >= 4 is 9.84 Å². The highest BCUT2D eigenvalue weighted by Crippen LogP contribution is 2.60. The summed E-state index contributed by atoms with van der Waals surface area (Å²) in [5, 5.41) is 0. The van der Waals surface area contributed by atoms with Crippen LogP contribution in [0.5, 0.6) is 0 Å². The van der Waals surface area contributed by atoms with Crippen molar-refractivity contribution < 1.29 is 8.42 Å². The second-order valence-corrected chi connectivity index (χ2v) is 12.3. The largest absolute Gasteiger partial charge is 0.223 e. The second kappa shape index (κ2) is 8.41. The van der Waals surface area contributed by atoms with Crippen LogP contribution in [0, 0.1) is 16.7 Å². The molecule has 3 heteroatoms. The van der Waals surface area contributed by atoms with E-state index in [9.17, 15) is 8.42 Å². The molecular weight excluding hydrogens is 376 g/mol. The molecule has 1 saturated carbocycles. The number of hydrogen-bond acceptors (Lipinski definition) is 2. The van der Waals surface area contributed by atoms with Gasteiger partial charge in [0, 0.05) is 0 Å². The van der Waals surface area contributed by atoms with Gasteiger partial charge in [-0.1, -0.05) is 68.2 Å². The van der Waals surface area contributed by atoms with E-state index in [2.05, 4.69) is 34.6 Å². The van der Waals surface area contributed by atoms with E-state index in [1.807, 2.05) is 12.1 Å². The third-order valence-electron chi connectivity index (χ3n) is 7.77. The zero-order valence-electron chi connectivity index (χ0n) is 18.9. The summed E-state index contributed by atoms with van der Waals surface area (Å²) in [4.78, 5) is 0.412. The van der Waals surface area contributed by atoms with E-state index < -0.39 is 9.84 Å².